The molecule has 1 aromatic rings. The zero-order chi connectivity index (χ0) is 12.8. The largest absolute Gasteiger partial charge is 0.495 e. The third kappa shape index (κ3) is 4.34. The molecule has 0 saturated heterocycles. The summed E-state index contributed by atoms with van der Waals surface area (Å²) in [6, 6.07) is 5.54. The summed E-state index contributed by atoms with van der Waals surface area (Å²) in [5.41, 5.74) is 1.66. The van der Waals surface area contributed by atoms with E-state index in [0.717, 1.165) is 23.7 Å². The highest BCUT2D eigenvalue weighted by Crippen LogP contribution is 2.27. The fourth-order valence-corrected chi connectivity index (χ4v) is 1.44. The first kappa shape index (κ1) is 13.4. The molecule has 0 bridgehead atoms. The van der Waals surface area contributed by atoms with Crippen molar-refractivity contribution >= 4 is 17.3 Å². The molecular weight excluding hydrogens is 216 g/mol. The van der Waals surface area contributed by atoms with E-state index in [1.807, 2.05) is 18.2 Å². The van der Waals surface area contributed by atoms with Crippen LogP contribution in [0.3, 0.4) is 0 Å². The number of anilines is 2. The third-order valence-corrected chi connectivity index (χ3v) is 2.22. The minimum absolute atomic E-state index is 0.0787. The molecule has 1 aromatic carbocycles. The van der Waals surface area contributed by atoms with Crippen LogP contribution in [0.15, 0.2) is 18.2 Å². The predicted molar refractivity (Wildman–Crippen MR) is 70.6 cm³/mol. The zero-order valence-electron chi connectivity index (χ0n) is 10.8. The Morgan fingerprint density at radius 2 is 2.12 bits per heavy atom. The molecule has 0 spiro atoms. The van der Waals surface area contributed by atoms with Crippen molar-refractivity contribution in [2.24, 2.45) is 5.92 Å². The van der Waals surface area contributed by atoms with Crippen LogP contribution in [0.1, 0.15) is 20.8 Å². The molecule has 0 fully saturated rings. The van der Waals surface area contributed by atoms with Crippen LogP contribution in [-0.2, 0) is 4.79 Å². The van der Waals surface area contributed by atoms with E-state index < -0.39 is 0 Å². The first-order valence-electron chi connectivity index (χ1n) is 5.72. The summed E-state index contributed by atoms with van der Waals surface area (Å²) in [7, 11) is 1.63. The molecule has 0 aliphatic rings. The van der Waals surface area contributed by atoms with Crippen LogP contribution in [0.25, 0.3) is 0 Å². The van der Waals surface area contributed by atoms with Gasteiger partial charge < -0.3 is 15.4 Å². The Morgan fingerprint density at radius 3 is 2.65 bits per heavy atom. The van der Waals surface area contributed by atoms with Gasteiger partial charge in [0.2, 0.25) is 5.91 Å². The second kappa shape index (κ2) is 6.13. The molecule has 0 saturated carbocycles. The van der Waals surface area contributed by atoms with Gasteiger partial charge in [-0.15, -0.1) is 0 Å². The average Bonchev–Trinajstić information content (AvgIpc) is 2.25. The van der Waals surface area contributed by atoms with E-state index in [9.17, 15) is 4.79 Å². The molecule has 1 amide bonds. The maximum atomic E-state index is 11.0. The lowest BCUT2D eigenvalue weighted by Crippen LogP contribution is -2.10. The fraction of sp³-hybridized carbons (Fsp3) is 0.462. The van der Waals surface area contributed by atoms with E-state index in [1.54, 1.807) is 7.11 Å². The van der Waals surface area contributed by atoms with Gasteiger partial charge in [0.25, 0.3) is 0 Å². The summed E-state index contributed by atoms with van der Waals surface area (Å²) < 4.78 is 5.26. The van der Waals surface area contributed by atoms with E-state index in [-0.39, 0.29) is 5.91 Å². The highest BCUT2D eigenvalue weighted by atomic mass is 16.5. The first-order chi connectivity index (χ1) is 8.02. The van der Waals surface area contributed by atoms with Crippen LogP contribution in [0, 0.1) is 5.92 Å². The molecule has 17 heavy (non-hydrogen) atoms. The van der Waals surface area contributed by atoms with Gasteiger partial charge in [-0.05, 0) is 24.1 Å². The number of ether oxygens (including phenoxy) is 1. The number of rotatable bonds is 5. The highest BCUT2D eigenvalue weighted by molar-refractivity contribution is 5.89. The van der Waals surface area contributed by atoms with E-state index >= 15 is 0 Å². The zero-order valence-corrected chi connectivity index (χ0v) is 10.8. The van der Waals surface area contributed by atoms with Crippen molar-refractivity contribution in [3.8, 4) is 5.75 Å². The fourth-order valence-electron chi connectivity index (χ4n) is 1.44. The normalized spacial score (nSPS) is 10.2. The van der Waals surface area contributed by atoms with Crippen LogP contribution in [0.4, 0.5) is 11.4 Å². The predicted octanol–water partition coefficient (Wildman–Crippen LogP) is 2.72. The second-order valence-corrected chi connectivity index (χ2v) is 4.37. The van der Waals surface area contributed by atoms with Crippen molar-refractivity contribution in [1.82, 2.24) is 0 Å². The molecule has 0 aliphatic heterocycles. The molecule has 1 rings (SSSR count). The van der Waals surface area contributed by atoms with Crippen LogP contribution in [-0.4, -0.2) is 19.6 Å². The number of amides is 1. The average molecular weight is 236 g/mol. The molecular formula is C13H20N2O2. The van der Waals surface area contributed by atoms with Crippen molar-refractivity contribution in [3.63, 3.8) is 0 Å². The van der Waals surface area contributed by atoms with Crippen molar-refractivity contribution in [1.29, 1.82) is 0 Å². The molecule has 94 valence electrons. The van der Waals surface area contributed by atoms with Gasteiger partial charge in [-0.3, -0.25) is 4.79 Å². The van der Waals surface area contributed by atoms with Gasteiger partial charge in [0.1, 0.15) is 5.75 Å². The van der Waals surface area contributed by atoms with Crippen molar-refractivity contribution in [2.45, 2.75) is 20.8 Å². The Morgan fingerprint density at radius 1 is 1.41 bits per heavy atom. The monoisotopic (exact) mass is 236 g/mol. The van der Waals surface area contributed by atoms with Gasteiger partial charge in [-0.2, -0.15) is 0 Å². The highest BCUT2D eigenvalue weighted by Gasteiger charge is 2.05. The number of carbonyl (C=O) groups excluding carboxylic acids is 1. The minimum Gasteiger partial charge on any atom is -0.495 e. The van der Waals surface area contributed by atoms with Gasteiger partial charge in [-0.1, -0.05) is 13.8 Å². The second-order valence-electron chi connectivity index (χ2n) is 4.37. The molecule has 4 heteroatoms. The number of hydrogen-bond donors (Lipinski definition) is 2. The van der Waals surface area contributed by atoms with Crippen LogP contribution in [0.5, 0.6) is 5.75 Å². The van der Waals surface area contributed by atoms with Crippen LogP contribution in [0.2, 0.25) is 0 Å². The lowest BCUT2D eigenvalue weighted by molar-refractivity contribution is -0.114. The van der Waals surface area contributed by atoms with Gasteiger partial charge in [0.05, 0.1) is 12.8 Å². The summed E-state index contributed by atoms with van der Waals surface area (Å²) in [5, 5.41) is 6.05. The van der Waals surface area contributed by atoms with E-state index in [4.69, 9.17) is 4.74 Å². The SMILES string of the molecule is COc1ccc(NC(C)=O)cc1NCC(C)C. The Hall–Kier alpha value is -1.71. The van der Waals surface area contributed by atoms with Gasteiger partial charge in [-0.25, -0.2) is 0 Å². The van der Waals surface area contributed by atoms with Crippen LogP contribution >= 0.6 is 0 Å². The van der Waals surface area contributed by atoms with E-state index in [1.165, 1.54) is 6.92 Å². The standard InChI is InChI=1S/C13H20N2O2/c1-9(2)8-14-12-7-11(15-10(3)16)5-6-13(12)17-4/h5-7,9,14H,8H2,1-4H3,(H,15,16). The lowest BCUT2D eigenvalue weighted by atomic mass is 10.2. The Labute approximate surface area is 102 Å². The Balaban J connectivity index is 2.85. The summed E-state index contributed by atoms with van der Waals surface area (Å²) in [5.74, 6) is 1.24. The Bertz CT molecular complexity index is 389. The van der Waals surface area contributed by atoms with Gasteiger partial charge in [0, 0.05) is 19.2 Å². The van der Waals surface area contributed by atoms with Crippen molar-refractivity contribution in [2.75, 3.05) is 24.3 Å². The van der Waals surface area contributed by atoms with Gasteiger partial charge in [0.15, 0.2) is 0 Å². The number of nitrogens with one attached hydrogen (secondary N) is 2. The summed E-state index contributed by atoms with van der Waals surface area (Å²) in [6.07, 6.45) is 0. The van der Waals surface area contributed by atoms with Gasteiger partial charge >= 0.3 is 0 Å². The van der Waals surface area contributed by atoms with Crippen LogP contribution < -0.4 is 15.4 Å². The topological polar surface area (TPSA) is 50.4 Å². The maximum absolute atomic E-state index is 11.0. The van der Waals surface area contributed by atoms with Crippen molar-refractivity contribution in [3.05, 3.63) is 18.2 Å². The minimum atomic E-state index is -0.0787. The Kier molecular flexibility index (Phi) is 4.82. The molecule has 2 N–H and O–H groups in total. The van der Waals surface area contributed by atoms with E-state index in [2.05, 4.69) is 24.5 Å². The first-order valence-corrected chi connectivity index (χ1v) is 5.72. The molecule has 0 aliphatic carbocycles. The molecule has 0 unspecified atom stereocenters. The number of hydrogen-bond acceptors (Lipinski definition) is 3. The summed E-state index contributed by atoms with van der Waals surface area (Å²) in [4.78, 5) is 11.0. The van der Waals surface area contributed by atoms with E-state index in [0.29, 0.717) is 5.92 Å². The quantitative estimate of drug-likeness (QED) is 0.826. The number of carbonyl (C=O) groups is 1. The van der Waals surface area contributed by atoms with Crippen molar-refractivity contribution < 1.29 is 9.53 Å². The third-order valence-electron chi connectivity index (χ3n) is 2.22. The molecule has 0 heterocycles. The lowest BCUT2D eigenvalue weighted by Gasteiger charge is -2.14. The smallest absolute Gasteiger partial charge is 0.221 e. The molecule has 0 radical (unpaired) electrons. The molecule has 0 atom stereocenters. The molecule has 4 nitrogen and oxygen atoms in total. The summed E-state index contributed by atoms with van der Waals surface area (Å²) >= 11 is 0. The summed E-state index contributed by atoms with van der Waals surface area (Å²) in [6.45, 7) is 6.62. The number of benzene rings is 1. The molecule has 0 aromatic heterocycles. The maximum Gasteiger partial charge on any atom is 0.221 e. The number of methoxy groups -OCH3 is 1.